The van der Waals surface area contributed by atoms with Gasteiger partial charge in [0.05, 0.1) is 6.61 Å². The highest BCUT2D eigenvalue weighted by Crippen LogP contribution is 2.18. The minimum atomic E-state index is 0.0269. The maximum absolute atomic E-state index is 12.0. The summed E-state index contributed by atoms with van der Waals surface area (Å²) in [6.45, 7) is 7.63. The van der Waals surface area contributed by atoms with Crippen LogP contribution in [0.4, 0.5) is 0 Å². The van der Waals surface area contributed by atoms with Gasteiger partial charge in [-0.1, -0.05) is 201 Å². The van der Waals surface area contributed by atoms with E-state index in [1.807, 2.05) is 0 Å². The Balaban J connectivity index is 3.25. The molecule has 1 atom stereocenters. The second-order valence-electron chi connectivity index (χ2n) is 12.8. The van der Waals surface area contributed by atoms with E-state index in [0.717, 1.165) is 18.8 Å². The zero-order valence-corrected chi connectivity index (χ0v) is 27.5. The van der Waals surface area contributed by atoms with Gasteiger partial charge in [0.15, 0.2) is 0 Å². The van der Waals surface area contributed by atoms with Crippen LogP contribution in [0.3, 0.4) is 0 Å². The van der Waals surface area contributed by atoms with Crippen LogP contribution in [0.15, 0.2) is 0 Å². The molecule has 0 aromatic rings. The molecule has 0 fully saturated rings. The molecule has 1 unspecified atom stereocenters. The molecule has 0 N–H and O–H groups in total. The van der Waals surface area contributed by atoms with Crippen LogP contribution in [0.1, 0.15) is 220 Å². The van der Waals surface area contributed by atoms with Gasteiger partial charge in [-0.2, -0.15) is 0 Å². The molecule has 0 heterocycles. The molecule has 2 heteroatoms. The van der Waals surface area contributed by atoms with Gasteiger partial charge in [-0.3, -0.25) is 4.79 Å². The van der Waals surface area contributed by atoms with Crippen LogP contribution in [0.2, 0.25) is 0 Å². The standard InChI is InChI=1S/C37H74O2/c1-4-6-8-10-12-14-16-17-18-19-20-22-24-26-30-34-37(38)39-35-31-27-29-33-36(3)32-28-25-23-21-15-13-11-9-7-5-2/h36H,4-35H2,1-3H3. The minimum Gasteiger partial charge on any atom is -0.466 e. The van der Waals surface area contributed by atoms with Gasteiger partial charge in [0.25, 0.3) is 0 Å². The van der Waals surface area contributed by atoms with Gasteiger partial charge in [0.2, 0.25) is 0 Å². The Kier molecular flexibility index (Phi) is 33.2. The topological polar surface area (TPSA) is 26.3 Å². The lowest BCUT2D eigenvalue weighted by Gasteiger charge is -2.11. The summed E-state index contributed by atoms with van der Waals surface area (Å²) in [5, 5.41) is 0. The summed E-state index contributed by atoms with van der Waals surface area (Å²) >= 11 is 0. The molecule has 234 valence electrons. The van der Waals surface area contributed by atoms with Crippen molar-refractivity contribution in [2.24, 2.45) is 5.92 Å². The van der Waals surface area contributed by atoms with Gasteiger partial charge in [-0.25, -0.2) is 0 Å². The van der Waals surface area contributed by atoms with Gasteiger partial charge in [-0.15, -0.1) is 0 Å². The molecule has 0 spiro atoms. The Hall–Kier alpha value is -0.530. The van der Waals surface area contributed by atoms with E-state index in [2.05, 4.69) is 20.8 Å². The fourth-order valence-corrected chi connectivity index (χ4v) is 5.80. The number of carbonyl (C=O) groups is 1. The van der Waals surface area contributed by atoms with Crippen LogP contribution in [-0.2, 0) is 9.53 Å². The highest BCUT2D eigenvalue weighted by molar-refractivity contribution is 5.69. The Bertz CT molecular complexity index is 460. The Morgan fingerprint density at radius 1 is 0.436 bits per heavy atom. The lowest BCUT2D eigenvalue weighted by Crippen LogP contribution is -2.05. The lowest BCUT2D eigenvalue weighted by molar-refractivity contribution is -0.143. The van der Waals surface area contributed by atoms with E-state index in [0.29, 0.717) is 13.0 Å². The van der Waals surface area contributed by atoms with E-state index in [-0.39, 0.29) is 5.97 Å². The molecule has 0 radical (unpaired) electrons. The van der Waals surface area contributed by atoms with Crippen molar-refractivity contribution in [3.05, 3.63) is 0 Å². The molecule has 0 aromatic carbocycles. The fourth-order valence-electron chi connectivity index (χ4n) is 5.80. The van der Waals surface area contributed by atoms with Crippen molar-refractivity contribution in [2.45, 2.75) is 220 Å². The predicted molar refractivity (Wildman–Crippen MR) is 175 cm³/mol. The summed E-state index contributed by atoms with van der Waals surface area (Å²) in [6, 6.07) is 0. The van der Waals surface area contributed by atoms with Crippen LogP contribution < -0.4 is 0 Å². The third-order valence-corrected chi connectivity index (χ3v) is 8.64. The normalized spacial score (nSPS) is 12.2. The van der Waals surface area contributed by atoms with Crippen molar-refractivity contribution < 1.29 is 9.53 Å². The molecule has 0 aliphatic heterocycles. The summed E-state index contributed by atoms with van der Waals surface area (Å²) in [6.07, 6.45) is 41.6. The molecule has 2 nitrogen and oxygen atoms in total. The number of hydrogen-bond donors (Lipinski definition) is 0. The molecular formula is C37H74O2. The fraction of sp³-hybridized carbons (Fsp3) is 0.973. The number of esters is 1. The third-order valence-electron chi connectivity index (χ3n) is 8.64. The molecule has 0 amide bonds. The second-order valence-corrected chi connectivity index (χ2v) is 12.8. The number of carbonyl (C=O) groups excluding carboxylic acids is 1. The average Bonchev–Trinajstić information content (AvgIpc) is 2.93. The first kappa shape index (κ1) is 38.5. The molecule has 0 rings (SSSR count). The first-order valence-electron chi connectivity index (χ1n) is 18.4. The van der Waals surface area contributed by atoms with Gasteiger partial charge in [-0.05, 0) is 18.8 Å². The van der Waals surface area contributed by atoms with E-state index in [1.165, 1.54) is 180 Å². The summed E-state index contributed by atoms with van der Waals surface area (Å²) in [7, 11) is 0. The van der Waals surface area contributed by atoms with E-state index >= 15 is 0 Å². The zero-order valence-electron chi connectivity index (χ0n) is 27.5. The van der Waals surface area contributed by atoms with Crippen molar-refractivity contribution in [2.75, 3.05) is 6.61 Å². The third kappa shape index (κ3) is 33.6. The molecule has 0 aliphatic carbocycles. The highest BCUT2D eigenvalue weighted by Gasteiger charge is 2.05. The Morgan fingerprint density at radius 2 is 0.744 bits per heavy atom. The van der Waals surface area contributed by atoms with Crippen LogP contribution in [-0.4, -0.2) is 12.6 Å². The van der Waals surface area contributed by atoms with E-state index < -0.39 is 0 Å². The van der Waals surface area contributed by atoms with E-state index in [4.69, 9.17) is 4.74 Å². The maximum atomic E-state index is 12.0. The van der Waals surface area contributed by atoms with Gasteiger partial charge in [0.1, 0.15) is 0 Å². The summed E-state index contributed by atoms with van der Waals surface area (Å²) in [5.74, 6) is 0.880. The molecule has 39 heavy (non-hydrogen) atoms. The van der Waals surface area contributed by atoms with Crippen molar-refractivity contribution in [1.82, 2.24) is 0 Å². The molecule has 0 bridgehead atoms. The first-order chi connectivity index (χ1) is 19.2. The molecule has 0 aromatic heterocycles. The summed E-state index contributed by atoms with van der Waals surface area (Å²) < 4.78 is 5.47. The SMILES string of the molecule is CCCCCCCCCCCCCCCCCC(=O)OCCCCCC(C)CCCCCCCCCCCC. The van der Waals surface area contributed by atoms with Crippen LogP contribution in [0, 0.1) is 5.92 Å². The smallest absolute Gasteiger partial charge is 0.305 e. The average molecular weight is 551 g/mol. The summed E-state index contributed by atoms with van der Waals surface area (Å²) in [5.41, 5.74) is 0. The van der Waals surface area contributed by atoms with Gasteiger partial charge >= 0.3 is 5.97 Å². The number of unbranched alkanes of at least 4 members (excludes halogenated alkanes) is 25. The number of ether oxygens (including phenoxy) is 1. The summed E-state index contributed by atoms with van der Waals surface area (Å²) in [4.78, 5) is 12.0. The molecule has 0 aliphatic rings. The largest absolute Gasteiger partial charge is 0.466 e. The van der Waals surface area contributed by atoms with Crippen molar-refractivity contribution in [3.63, 3.8) is 0 Å². The molecule has 0 saturated carbocycles. The van der Waals surface area contributed by atoms with Crippen LogP contribution >= 0.6 is 0 Å². The highest BCUT2D eigenvalue weighted by atomic mass is 16.5. The number of rotatable bonds is 33. The molecule has 0 saturated heterocycles. The van der Waals surface area contributed by atoms with E-state index in [1.54, 1.807) is 0 Å². The van der Waals surface area contributed by atoms with Crippen LogP contribution in [0.25, 0.3) is 0 Å². The van der Waals surface area contributed by atoms with Gasteiger partial charge in [0, 0.05) is 6.42 Å². The van der Waals surface area contributed by atoms with Crippen molar-refractivity contribution >= 4 is 5.97 Å². The minimum absolute atomic E-state index is 0.0269. The lowest BCUT2D eigenvalue weighted by atomic mass is 9.96. The van der Waals surface area contributed by atoms with Crippen LogP contribution in [0.5, 0.6) is 0 Å². The Labute approximate surface area is 247 Å². The van der Waals surface area contributed by atoms with Crippen molar-refractivity contribution in [3.8, 4) is 0 Å². The first-order valence-corrected chi connectivity index (χ1v) is 18.4. The van der Waals surface area contributed by atoms with Gasteiger partial charge < -0.3 is 4.74 Å². The maximum Gasteiger partial charge on any atom is 0.305 e. The van der Waals surface area contributed by atoms with E-state index in [9.17, 15) is 4.79 Å². The zero-order chi connectivity index (χ0) is 28.5. The second kappa shape index (κ2) is 33.7. The van der Waals surface area contributed by atoms with Crippen molar-refractivity contribution in [1.29, 1.82) is 0 Å². The quantitative estimate of drug-likeness (QED) is 0.0600. The Morgan fingerprint density at radius 3 is 1.13 bits per heavy atom. The monoisotopic (exact) mass is 551 g/mol. The molecular weight excluding hydrogens is 476 g/mol. The number of hydrogen-bond acceptors (Lipinski definition) is 2. The predicted octanol–water partition coefficient (Wildman–Crippen LogP) is 13.3.